The lowest BCUT2D eigenvalue weighted by Gasteiger charge is -2.31. The standard InChI is InChI=1S/C22H22FN3O3/c1-28-19-10-6-16(7-11-19)22(27)26-12-2-3-17(14-26)21-25-24-20(29-21)13-15-4-8-18(23)9-5-15/h4-11,17H,2-3,12-14H2,1H3/t17-/m1/s1. The van der Waals surface area contributed by atoms with Gasteiger partial charge < -0.3 is 14.1 Å². The minimum atomic E-state index is -0.274. The van der Waals surface area contributed by atoms with Crippen LogP contribution in [0, 0.1) is 5.82 Å². The molecule has 4 rings (SSSR count). The van der Waals surface area contributed by atoms with Crippen LogP contribution >= 0.6 is 0 Å². The summed E-state index contributed by atoms with van der Waals surface area (Å²) in [4.78, 5) is 14.7. The van der Waals surface area contributed by atoms with Crippen LogP contribution in [0.2, 0.25) is 0 Å². The molecule has 1 fully saturated rings. The minimum Gasteiger partial charge on any atom is -0.497 e. The number of aromatic nitrogens is 2. The molecule has 1 aromatic heterocycles. The highest BCUT2D eigenvalue weighted by Gasteiger charge is 2.29. The van der Waals surface area contributed by atoms with E-state index in [0.29, 0.717) is 36.9 Å². The third-order valence-electron chi connectivity index (χ3n) is 5.15. The van der Waals surface area contributed by atoms with Crippen molar-refractivity contribution in [1.29, 1.82) is 0 Å². The maximum atomic E-state index is 13.0. The second-order valence-corrected chi connectivity index (χ2v) is 7.16. The molecule has 6 nitrogen and oxygen atoms in total. The minimum absolute atomic E-state index is 0.0107. The molecule has 2 heterocycles. The van der Waals surface area contributed by atoms with Crippen molar-refractivity contribution in [1.82, 2.24) is 15.1 Å². The SMILES string of the molecule is COc1ccc(C(=O)N2CCC[C@@H](c3nnc(Cc4ccc(F)cc4)o3)C2)cc1. The topological polar surface area (TPSA) is 68.5 Å². The first kappa shape index (κ1) is 19.1. The van der Waals surface area contributed by atoms with Crippen LogP contribution in [0.3, 0.4) is 0 Å². The van der Waals surface area contributed by atoms with Crippen LogP contribution in [0.5, 0.6) is 5.75 Å². The van der Waals surface area contributed by atoms with Gasteiger partial charge in [0.15, 0.2) is 0 Å². The van der Waals surface area contributed by atoms with Gasteiger partial charge in [-0.1, -0.05) is 12.1 Å². The lowest BCUT2D eigenvalue weighted by molar-refractivity contribution is 0.0698. The van der Waals surface area contributed by atoms with E-state index in [1.165, 1.54) is 12.1 Å². The second kappa shape index (κ2) is 8.43. The quantitative estimate of drug-likeness (QED) is 0.657. The molecule has 1 atom stereocenters. The number of likely N-dealkylation sites (tertiary alicyclic amines) is 1. The Hall–Kier alpha value is -3.22. The molecule has 3 aromatic rings. The molecule has 1 aliphatic rings. The van der Waals surface area contributed by atoms with Gasteiger partial charge >= 0.3 is 0 Å². The lowest BCUT2D eigenvalue weighted by Crippen LogP contribution is -2.39. The summed E-state index contributed by atoms with van der Waals surface area (Å²) in [5.41, 5.74) is 1.54. The van der Waals surface area contributed by atoms with E-state index in [1.54, 1.807) is 43.5 Å². The van der Waals surface area contributed by atoms with E-state index in [0.717, 1.165) is 24.2 Å². The van der Waals surface area contributed by atoms with Gasteiger partial charge in [-0.3, -0.25) is 4.79 Å². The fourth-order valence-electron chi connectivity index (χ4n) is 3.56. The van der Waals surface area contributed by atoms with Crippen molar-refractivity contribution in [2.24, 2.45) is 0 Å². The van der Waals surface area contributed by atoms with E-state index in [2.05, 4.69) is 10.2 Å². The monoisotopic (exact) mass is 395 g/mol. The van der Waals surface area contributed by atoms with Crippen molar-refractivity contribution in [2.75, 3.05) is 20.2 Å². The number of carbonyl (C=O) groups is 1. The zero-order valence-electron chi connectivity index (χ0n) is 16.2. The summed E-state index contributed by atoms with van der Waals surface area (Å²) >= 11 is 0. The predicted octanol–water partition coefficient (Wildman–Crippen LogP) is 3.83. The Balaban J connectivity index is 1.42. The highest BCUT2D eigenvalue weighted by molar-refractivity contribution is 5.94. The molecule has 0 bridgehead atoms. The largest absolute Gasteiger partial charge is 0.497 e. The zero-order valence-corrected chi connectivity index (χ0v) is 16.2. The van der Waals surface area contributed by atoms with Crippen LogP contribution in [0.15, 0.2) is 52.9 Å². The molecule has 0 saturated carbocycles. The number of halogens is 1. The third-order valence-corrected chi connectivity index (χ3v) is 5.15. The van der Waals surface area contributed by atoms with Gasteiger partial charge in [0, 0.05) is 18.7 Å². The summed E-state index contributed by atoms with van der Waals surface area (Å²) in [6, 6.07) is 13.4. The van der Waals surface area contributed by atoms with Crippen molar-refractivity contribution in [3.8, 4) is 5.75 Å². The Bertz CT molecular complexity index is 970. The average Bonchev–Trinajstić information content (AvgIpc) is 3.23. The van der Waals surface area contributed by atoms with Crippen molar-refractivity contribution >= 4 is 5.91 Å². The molecule has 29 heavy (non-hydrogen) atoms. The van der Waals surface area contributed by atoms with E-state index >= 15 is 0 Å². The summed E-state index contributed by atoms with van der Waals surface area (Å²) in [7, 11) is 1.60. The fourth-order valence-corrected chi connectivity index (χ4v) is 3.56. The average molecular weight is 395 g/mol. The Morgan fingerprint density at radius 2 is 1.93 bits per heavy atom. The summed E-state index contributed by atoms with van der Waals surface area (Å²) in [6.45, 7) is 1.25. The normalized spacial score (nSPS) is 16.6. The Morgan fingerprint density at radius 1 is 1.17 bits per heavy atom. The number of carbonyl (C=O) groups excluding carboxylic acids is 1. The molecule has 7 heteroatoms. The van der Waals surface area contributed by atoms with Crippen LogP contribution in [0.25, 0.3) is 0 Å². The number of benzene rings is 2. The van der Waals surface area contributed by atoms with Crippen LogP contribution in [0.1, 0.15) is 46.5 Å². The molecule has 150 valence electrons. The van der Waals surface area contributed by atoms with Gasteiger partial charge in [0.05, 0.1) is 19.4 Å². The van der Waals surface area contributed by atoms with Gasteiger partial charge in [-0.15, -0.1) is 10.2 Å². The van der Waals surface area contributed by atoms with E-state index < -0.39 is 0 Å². The van der Waals surface area contributed by atoms with Crippen molar-refractivity contribution in [3.05, 3.63) is 77.3 Å². The number of hydrogen-bond acceptors (Lipinski definition) is 5. The first-order chi connectivity index (χ1) is 14.1. The van der Waals surface area contributed by atoms with E-state index in [4.69, 9.17) is 9.15 Å². The summed E-state index contributed by atoms with van der Waals surface area (Å²) in [5, 5.41) is 8.33. The summed E-state index contributed by atoms with van der Waals surface area (Å²) in [6.07, 6.45) is 2.22. The predicted molar refractivity (Wildman–Crippen MR) is 104 cm³/mol. The van der Waals surface area contributed by atoms with Gasteiger partial charge in [-0.2, -0.15) is 0 Å². The molecule has 1 saturated heterocycles. The third kappa shape index (κ3) is 4.45. The number of nitrogens with zero attached hydrogens (tertiary/aromatic N) is 3. The molecular formula is C22H22FN3O3. The van der Waals surface area contributed by atoms with Gasteiger partial charge in [-0.25, -0.2) is 4.39 Å². The van der Waals surface area contributed by atoms with Crippen LogP contribution in [-0.4, -0.2) is 41.2 Å². The molecule has 0 radical (unpaired) electrons. The van der Waals surface area contributed by atoms with Gasteiger partial charge in [-0.05, 0) is 54.8 Å². The summed E-state index contributed by atoms with van der Waals surface area (Å²) in [5.74, 6) is 1.49. The number of piperidine rings is 1. The highest BCUT2D eigenvalue weighted by Crippen LogP contribution is 2.27. The highest BCUT2D eigenvalue weighted by atomic mass is 19.1. The molecule has 0 unspecified atom stereocenters. The lowest BCUT2D eigenvalue weighted by atomic mass is 9.97. The smallest absolute Gasteiger partial charge is 0.253 e. The number of hydrogen-bond donors (Lipinski definition) is 0. The Kier molecular flexibility index (Phi) is 5.55. The van der Waals surface area contributed by atoms with Crippen LogP contribution < -0.4 is 4.74 Å². The Labute approximate surface area is 168 Å². The molecule has 1 amide bonds. The van der Waals surface area contributed by atoms with Gasteiger partial charge in [0.1, 0.15) is 11.6 Å². The fraction of sp³-hybridized carbons (Fsp3) is 0.318. The van der Waals surface area contributed by atoms with Crippen molar-refractivity contribution in [3.63, 3.8) is 0 Å². The zero-order chi connectivity index (χ0) is 20.2. The number of amides is 1. The van der Waals surface area contributed by atoms with Crippen molar-refractivity contribution < 1.29 is 18.3 Å². The number of ether oxygens (including phenoxy) is 1. The van der Waals surface area contributed by atoms with Gasteiger partial charge in [0.25, 0.3) is 5.91 Å². The second-order valence-electron chi connectivity index (χ2n) is 7.16. The molecule has 2 aromatic carbocycles. The Morgan fingerprint density at radius 3 is 2.66 bits per heavy atom. The maximum absolute atomic E-state index is 13.0. The molecule has 0 spiro atoms. The van der Waals surface area contributed by atoms with Crippen molar-refractivity contribution in [2.45, 2.75) is 25.2 Å². The van der Waals surface area contributed by atoms with Gasteiger partial charge in [0.2, 0.25) is 11.8 Å². The number of methoxy groups -OCH3 is 1. The molecular weight excluding hydrogens is 373 g/mol. The number of rotatable bonds is 5. The molecule has 0 aliphatic carbocycles. The van der Waals surface area contributed by atoms with Crippen LogP contribution in [-0.2, 0) is 6.42 Å². The molecule has 0 N–H and O–H groups in total. The first-order valence-corrected chi connectivity index (χ1v) is 9.62. The maximum Gasteiger partial charge on any atom is 0.253 e. The first-order valence-electron chi connectivity index (χ1n) is 9.62. The van der Waals surface area contributed by atoms with E-state index in [9.17, 15) is 9.18 Å². The van der Waals surface area contributed by atoms with E-state index in [1.807, 2.05) is 4.90 Å². The van der Waals surface area contributed by atoms with E-state index in [-0.39, 0.29) is 17.6 Å². The molecule has 1 aliphatic heterocycles. The van der Waals surface area contributed by atoms with Crippen LogP contribution in [0.4, 0.5) is 4.39 Å². The summed E-state index contributed by atoms with van der Waals surface area (Å²) < 4.78 is 24.0.